The third-order valence-electron chi connectivity index (χ3n) is 6.74. The van der Waals surface area contributed by atoms with Crippen LogP contribution in [0, 0.1) is 6.92 Å². The normalized spacial score (nSPS) is 20.6. The van der Waals surface area contributed by atoms with Crippen LogP contribution in [-0.4, -0.2) is 65.2 Å². The van der Waals surface area contributed by atoms with Crippen LogP contribution in [0.25, 0.3) is 0 Å². The molecule has 0 radical (unpaired) electrons. The van der Waals surface area contributed by atoms with Gasteiger partial charge in [0.2, 0.25) is 11.9 Å². The van der Waals surface area contributed by atoms with Crippen LogP contribution in [0.1, 0.15) is 41.2 Å². The van der Waals surface area contributed by atoms with E-state index in [0.717, 1.165) is 60.7 Å². The molecule has 2 fully saturated rings. The Hall–Kier alpha value is -2.26. The van der Waals surface area contributed by atoms with E-state index >= 15 is 0 Å². The number of aromatic amines is 1. The monoisotopic (exact) mass is 429 g/mol. The lowest BCUT2D eigenvalue weighted by Crippen LogP contribution is -2.45. The van der Waals surface area contributed by atoms with Gasteiger partial charge in [0, 0.05) is 42.5 Å². The highest BCUT2D eigenvalue weighted by Crippen LogP contribution is 2.44. The topological polar surface area (TPSA) is 91.4 Å². The third-order valence-corrected chi connectivity index (χ3v) is 7.56. The summed E-state index contributed by atoms with van der Waals surface area (Å²) < 4.78 is 5.43. The Balaban J connectivity index is 1.32. The molecule has 9 heteroatoms. The van der Waals surface area contributed by atoms with E-state index in [1.165, 1.54) is 0 Å². The van der Waals surface area contributed by atoms with Gasteiger partial charge in [0.1, 0.15) is 0 Å². The maximum Gasteiger partial charge on any atom is 0.255 e. The Labute approximate surface area is 179 Å². The number of nitrogens with zero attached hydrogens (tertiary/aromatic N) is 4. The predicted octanol–water partition coefficient (Wildman–Crippen LogP) is 1.42. The molecule has 1 N–H and O–H groups in total. The van der Waals surface area contributed by atoms with Gasteiger partial charge in [-0.1, -0.05) is 0 Å². The highest BCUT2D eigenvalue weighted by atomic mass is 32.1. The van der Waals surface area contributed by atoms with Crippen molar-refractivity contribution < 1.29 is 9.53 Å². The zero-order valence-corrected chi connectivity index (χ0v) is 18.1. The fraction of sp³-hybridized carbons (Fsp3) is 0.619. The summed E-state index contributed by atoms with van der Waals surface area (Å²) in [4.78, 5) is 41.9. The molecule has 3 aliphatic rings. The first-order valence-electron chi connectivity index (χ1n) is 10.7. The Bertz CT molecular complexity index is 1000. The van der Waals surface area contributed by atoms with Crippen molar-refractivity contribution in [2.75, 3.05) is 44.3 Å². The van der Waals surface area contributed by atoms with Crippen LogP contribution < -0.4 is 10.5 Å². The van der Waals surface area contributed by atoms with Crippen molar-refractivity contribution in [2.24, 2.45) is 0 Å². The first-order chi connectivity index (χ1) is 14.5. The summed E-state index contributed by atoms with van der Waals surface area (Å²) in [6.07, 6.45) is 3.81. The van der Waals surface area contributed by atoms with E-state index in [-0.39, 0.29) is 16.9 Å². The van der Waals surface area contributed by atoms with Crippen molar-refractivity contribution in [1.29, 1.82) is 0 Å². The number of fused-ring (bicyclic) bond motifs is 2. The molecule has 2 saturated heterocycles. The largest absolute Gasteiger partial charge is 0.378 e. The number of morpholine rings is 1. The van der Waals surface area contributed by atoms with Crippen molar-refractivity contribution in [1.82, 2.24) is 19.9 Å². The summed E-state index contributed by atoms with van der Waals surface area (Å²) in [5.74, 6) is 0.807. The van der Waals surface area contributed by atoms with Crippen molar-refractivity contribution in [2.45, 2.75) is 44.4 Å². The highest BCUT2D eigenvalue weighted by Gasteiger charge is 2.44. The number of hydrogen-bond donors (Lipinski definition) is 1. The van der Waals surface area contributed by atoms with Crippen LogP contribution in [0.2, 0.25) is 0 Å². The lowest BCUT2D eigenvalue weighted by Gasteiger charge is -2.39. The minimum absolute atomic E-state index is 0.00391. The molecule has 2 aromatic heterocycles. The summed E-state index contributed by atoms with van der Waals surface area (Å²) in [5.41, 5.74) is 2.58. The molecule has 5 rings (SSSR count). The standard InChI is InChI=1S/C21H27N5O3S/c1-14-22-15(13-30-14)12-17(27)25-6-4-21(5-7-25)3-2-16-18(21)23-20(24-19(16)28)26-8-10-29-11-9-26/h13H,2-12H2,1H3,(H,23,24,28). The van der Waals surface area contributed by atoms with Gasteiger partial charge in [0.05, 0.1) is 36.0 Å². The molecule has 4 heterocycles. The van der Waals surface area contributed by atoms with E-state index in [9.17, 15) is 9.59 Å². The summed E-state index contributed by atoms with van der Waals surface area (Å²) in [5, 5.41) is 2.96. The van der Waals surface area contributed by atoms with Crippen molar-refractivity contribution in [3.63, 3.8) is 0 Å². The fourth-order valence-electron chi connectivity index (χ4n) is 4.99. The number of ether oxygens (including phenoxy) is 1. The number of anilines is 1. The number of H-pyrrole nitrogens is 1. The third kappa shape index (κ3) is 3.54. The quantitative estimate of drug-likeness (QED) is 0.794. The Morgan fingerprint density at radius 1 is 1.20 bits per heavy atom. The SMILES string of the molecule is Cc1nc(CC(=O)N2CCC3(CCc4c3nc(N3CCOCC3)[nH]c4=O)CC2)cs1. The van der Waals surface area contributed by atoms with Gasteiger partial charge in [-0.15, -0.1) is 11.3 Å². The molecular weight excluding hydrogens is 402 g/mol. The van der Waals surface area contributed by atoms with Crippen LogP contribution in [0.15, 0.2) is 10.2 Å². The molecule has 1 amide bonds. The minimum Gasteiger partial charge on any atom is -0.378 e. The second-order valence-corrected chi connectivity index (χ2v) is 9.57. The van der Waals surface area contributed by atoms with E-state index in [4.69, 9.17) is 9.72 Å². The van der Waals surface area contributed by atoms with Crippen molar-refractivity contribution >= 4 is 23.2 Å². The summed E-state index contributed by atoms with van der Waals surface area (Å²) in [6.45, 7) is 6.18. The molecule has 0 aromatic carbocycles. The van der Waals surface area contributed by atoms with Gasteiger partial charge in [0.15, 0.2) is 0 Å². The molecule has 0 saturated carbocycles. The molecule has 0 atom stereocenters. The number of aromatic nitrogens is 3. The van der Waals surface area contributed by atoms with Gasteiger partial charge >= 0.3 is 0 Å². The molecule has 0 bridgehead atoms. The number of thiazole rings is 1. The van der Waals surface area contributed by atoms with Crippen LogP contribution in [-0.2, 0) is 27.8 Å². The zero-order valence-electron chi connectivity index (χ0n) is 17.3. The molecule has 0 unspecified atom stereocenters. The van der Waals surface area contributed by atoms with Gasteiger partial charge in [-0.05, 0) is 32.6 Å². The number of piperidine rings is 1. The Morgan fingerprint density at radius 3 is 2.67 bits per heavy atom. The number of hydrogen-bond acceptors (Lipinski definition) is 7. The van der Waals surface area contributed by atoms with Crippen LogP contribution in [0.5, 0.6) is 0 Å². The second kappa shape index (κ2) is 7.77. The maximum atomic E-state index is 12.8. The van der Waals surface area contributed by atoms with Crippen LogP contribution in [0.3, 0.4) is 0 Å². The molecule has 160 valence electrons. The number of nitrogens with one attached hydrogen (secondary N) is 1. The first kappa shape index (κ1) is 19.7. The summed E-state index contributed by atoms with van der Waals surface area (Å²) in [6, 6.07) is 0. The first-order valence-corrected chi connectivity index (χ1v) is 11.6. The maximum absolute atomic E-state index is 12.8. The number of amides is 1. The van der Waals surface area contributed by atoms with Gasteiger partial charge in [-0.25, -0.2) is 9.97 Å². The number of rotatable bonds is 3. The van der Waals surface area contributed by atoms with E-state index in [1.54, 1.807) is 11.3 Å². The fourth-order valence-corrected chi connectivity index (χ4v) is 5.60. The Morgan fingerprint density at radius 2 is 1.97 bits per heavy atom. The van der Waals surface area contributed by atoms with Crippen LogP contribution in [0.4, 0.5) is 5.95 Å². The van der Waals surface area contributed by atoms with Crippen molar-refractivity contribution in [3.8, 4) is 0 Å². The molecule has 2 aliphatic heterocycles. The van der Waals surface area contributed by atoms with E-state index < -0.39 is 0 Å². The molecular formula is C21H27N5O3S. The van der Waals surface area contributed by atoms with E-state index in [0.29, 0.717) is 38.7 Å². The second-order valence-electron chi connectivity index (χ2n) is 8.51. The van der Waals surface area contributed by atoms with Gasteiger partial charge in [0.25, 0.3) is 5.56 Å². The summed E-state index contributed by atoms with van der Waals surface area (Å²) in [7, 11) is 0. The van der Waals surface area contributed by atoms with Gasteiger partial charge in [-0.3, -0.25) is 14.6 Å². The molecule has 2 aromatic rings. The number of carbonyl (C=O) groups is 1. The number of likely N-dealkylation sites (tertiary alicyclic amines) is 1. The Kier molecular flexibility index (Phi) is 5.10. The number of carbonyl (C=O) groups excluding carboxylic acids is 1. The number of aryl methyl sites for hydroxylation is 1. The molecule has 1 spiro atoms. The van der Waals surface area contributed by atoms with Crippen LogP contribution >= 0.6 is 11.3 Å². The highest BCUT2D eigenvalue weighted by molar-refractivity contribution is 7.09. The van der Waals surface area contributed by atoms with Crippen molar-refractivity contribution in [3.05, 3.63) is 37.7 Å². The zero-order chi connectivity index (χ0) is 20.7. The minimum atomic E-state index is -0.0847. The van der Waals surface area contributed by atoms with Gasteiger partial charge < -0.3 is 14.5 Å². The molecule has 1 aliphatic carbocycles. The molecule has 30 heavy (non-hydrogen) atoms. The van der Waals surface area contributed by atoms with E-state index in [1.807, 2.05) is 17.2 Å². The predicted molar refractivity (Wildman–Crippen MR) is 114 cm³/mol. The van der Waals surface area contributed by atoms with Gasteiger partial charge in [-0.2, -0.15) is 0 Å². The lowest BCUT2D eigenvalue weighted by molar-refractivity contribution is -0.132. The average molecular weight is 430 g/mol. The lowest BCUT2D eigenvalue weighted by atomic mass is 9.76. The average Bonchev–Trinajstić information content (AvgIpc) is 3.33. The smallest absolute Gasteiger partial charge is 0.255 e. The summed E-state index contributed by atoms with van der Waals surface area (Å²) >= 11 is 1.58. The van der Waals surface area contributed by atoms with E-state index in [2.05, 4.69) is 14.9 Å². The molecule has 8 nitrogen and oxygen atoms in total.